The zero-order valence-corrected chi connectivity index (χ0v) is 12.7. The van der Waals surface area contributed by atoms with Crippen LogP contribution >= 0.6 is 11.8 Å². The molecule has 7 heteroatoms. The van der Waals surface area contributed by atoms with E-state index < -0.39 is 0 Å². The van der Waals surface area contributed by atoms with Gasteiger partial charge in [-0.05, 0) is 19.1 Å². The maximum atomic E-state index is 9.35. The number of anilines is 2. The molecule has 2 rings (SSSR count). The van der Waals surface area contributed by atoms with Gasteiger partial charge in [-0.3, -0.25) is 0 Å². The first-order valence-electron chi connectivity index (χ1n) is 7.05. The van der Waals surface area contributed by atoms with Crippen molar-refractivity contribution in [2.75, 3.05) is 29.7 Å². The average molecular weight is 297 g/mol. The summed E-state index contributed by atoms with van der Waals surface area (Å²) in [4.78, 5) is 11.0. The van der Waals surface area contributed by atoms with Gasteiger partial charge in [0.05, 0.1) is 6.61 Å². The highest BCUT2D eigenvalue weighted by molar-refractivity contribution is 7.98. The summed E-state index contributed by atoms with van der Waals surface area (Å²) in [6, 6.07) is 2.30. The largest absolute Gasteiger partial charge is 0.395 e. The highest BCUT2D eigenvalue weighted by Gasteiger charge is 2.23. The zero-order valence-electron chi connectivity index (χ0n) is 11.9. The van der Waals surface area contributed by atoms with E-state index >= 15 is 0 Å². The lowest BCUT2D eigenvalue weighted by Gasteiger charge is -2.35. The van der Waals surface area contributed by atoms with E-state index in [1.54, 1.807) is 0 Å². The van der Waals surface area contributed by atoms with E-state index in [-0.39, 0.29) is 6.61 Å². The van der Waals surface area contributed by atoms with Crippen LogP contribution in [0.2, 0.25) is 0 Å². The summed E-state index contributed by atoms with van der Waals surface area (Å²) in [7, 11) is 0. The Hall–Kier alpha value is -1.05. The molecule has 0 aromatic carbocycles. The van der Waals surface area contributed by atoms with Crippen molar-refractivity contribution in [1.82, 2.24) is 9.97 Å². The molecule has 0 amide bonds. The van der Waals surface area contributed by atoms with Crippen molar-refractivity contribution in [2.45, 2.75) is 43.3 Å². The minimum Gasteiger partial charge on any atom is -0.395 e. The minimum absolute atomic E-state index is 0.125. The molecule has 0 saturated heterocycles. The van der Waals surface area contributed by atoms with Crippen LogP contribution in [-0.2, 0) is 0 Å². The van der Waals surface area contributed by atoms with Gasteiger partial charge in [0.15, 0.2) is 5.16 Å². The number of hydrazine groups is 1. The van der Waals surface area contributed by atoms with Crippen LogP contribution in [0.3, 0.4) is 0 Å². The van der Waals surface area contributed by atoms with Crippen molar-refractivity contribution in [3.8, 4) is 0 Å². The molecule has 1 heterocycles. The van der Waals surface area contributed by atoms with Gasteiger partial charge in [-0.25, -0.2) is 15.8 Å². The Balaban J connectivity index is 2.27. The van der Waals surface area contributed by atoms with Crippen LogP contribution in [0.25, 0.3) is 0 Å². The van der Waals surface area contributed by atoms with Gasteiger partial charge in [0.25, 0.3) is 0 Å². The lowest BCUT2D eigenvalue weighted by molar-refractivity contribution is 0.289. The van der Waals surface area contributed by atoms with Crippen molar-refractivity contribution >= 4 is 23.4 Å². The van der Waals surface area contributed by atoms with Gasteiger partial charge in [0, 0.05) is 18.7 Å². The number of nitrogen functional groups attached to an aromatic ring is 1. The second-order valence-electron chi connectivity index (χ2n) is 4.95. The predicted octanol–water partition coefficient (Wildman–Crippen LogP) is 1.62. The van der Waals surface area contributed by atoms with Crippen LogP contribution in [0.5, 0.6) is 0 Å². The third kappa shape index (κ3) is 3.74. The Morgan fingerprint density at radius 1 is 1.40 bits per heavy atom. The molecule has 1 aromatic heterocycles. The number of hydrogen-bond donors (Lipinski definition) is 3. The minimum atomic E-state index is 0.125. The molecule has 112 valence electrons. The van der Waals surface area contributed by atoms with E-state index in [9.17, 15) is 5.11 Å². The normalized spacial score (nSPS) is 16.1. The number of nitrogens with one attached hydrogen (secondary N) is 1. The Bertz CT molecular complexity index is 403. The smallest absolute Gasteiger partial charge is 0.191 e. The van der Waals surface area contributed by atoms with Crippen LogP contribution < -0.4 is 16.2 Å². The quantitative estimate of drug-likeness (QED) is 0.318. The molecular formula is C13H23N5OS. The molecule has 1 aliphatic carbocycles. The molecule has 0 radical (unpaired) electrons. The van der Waals surface area contributed by atoms with Crippen molar-refractivity contribution in [2.24, 2.45) is 5.84 Å². The number of aromatic nitrogens is 2. The fourth-order valence-corrected chi connectivity index (χ4v) is 3.08. The molecule has 0 unspecified atom stereocenters. The highest BCUT2D eigenvalue weighted by atomic mass is 32.2. The van der Waals surface area contributed by atoms with Crippen LogP contribution in [-0.4, -0.2) is 40.5 Å². The first kappa shape index (κ1) is 15.3. The van der Waals surface area contributed by atoms with Gasteiger partial charge in [0.1, 0.15) is 11.6 Å². The third-order valence-electron chi connectivity index (χ3n) is 3.67. The van der Waals surface area contributed by atoms with Crippen molar-refractivity contribution in [3.05, 3.63) is 6.07 Å². The van der Waals surface area contributed by atoms with Crippen LogP contribution in [0.4, 0.5) is 11.6 Å². The fourth-order valence-electron chi connectivity index (χ4n) is 2.71. The van der Waals surface area contributed by atoms with E-state index in [0.717, 1.165) is 18.7 Å². The van der Waals surface area contributed by atoms with E-state index in [1.165, 1.54) is 31.0 Å². The number of nitrogens with two attached hydrogens (primary N) is 1. The van der Waals surface area contributed by atoms with Gasteiger partial charge in [-0.15, -0.1) is 0 Å². The molecule has 1 aromatic rings. The zero-order chi connectivity index (χ0) is 14.4. The Morgan fingerprint density at radius 3 is 2.75 bits per heavy atom. The first-order chi connectivity index (χ1) is 9.78. The maximum Gasteiger partial charge on any atom is 0.191 e. The number of aliphatic hydroxyl groups is 1. The summed E-state index contributed by atoms with van der Waals surface area (Å²) in [5, 5.41) is 10.0. The van der Waals surface area contributed by atoms with E-state index in [0.29, 0.717) is 23.6 Å². The number of thioether (sulfide) groups is 1. The molecular weight excluding hydrogens is 274 g/mol. The van der Waals surface area contributed by atoms with Crippen molar-refractivity contribution < 1.29 is 5.11 Å². The van der Waals surface area contributed by atoms with Crippen LogP contribution in [0, 0.1) is 0 Å². The summed E-state index contributed by atoms with van der Waals surface area (Å²) in [5.74, 6) is 6.93. The number of nitrogens with zero attached hydrogens (tertiary/aromatic N) is 3. The molecule has 1 aliphatic rings. The number of aliphatic hydroxyl groups excluding tert-OH is 1. The Kier molecular flexibility index (Phi) is 5.87. The molecule has 1 saturated carbocycles. The highest BCUT2D eigenvalue weighted by Crippen LogP contribution is 2.28. The molecule has 0 bridgehead atoms. The summed E-state index contributed by atoms with van der Waals surface area (Å²) in [6.45, 7) is 0.722. The second kappa shape index (κ2) is 7.66. The summed E-state index contributed by atoms with van der Waals surface area (Å²) < 4.78 is 0. The lowest BCUT2D eigenvalue weighted by atomic mass is 9.94. The van der Waals surface area contributed by atoms with Gasteiger partial charge in [0.2, 0.25) is 0 Å². The SMILES string of the molecule is CSc1nc(NN)cc(N(CCO)C2CCCCC2)n1. The van der Waals surface area contributed by atoms with Gasteiger partial charge >= 0.3 is 0 Å². The third-order valence-corrected chi connectivity index (χ3v) is 4.22. The maximum absolute atomic E-state index is 9.35. The van der Waals surface area contributed by atoms with E-state index in [2.05, 4.69) is 20.3 Å². The molecule has 0 spiro atoms. The summed E-state index contributed by atoms with van der Waals surface area (Å²) >= 11 is 1.49. The standard InChI is InChI=1S/C13H23N5OS/c1-20-13-15-11(17-14)9-12(16-13)18(7-8-19)10-5-3-2-4-6-10/h9-10,19H,2-8,14H2,1H3,(H,15,16,17). The van der Waals surface area contributed by atoms with Crippen LogP contribution in [0.15, 0.2) is 11.2 Å². The summed E-state index contributed by atoms with van der Waals surface area (Å²) in [6.07, 6.45) is 8.05. The average Bonchev–Trinajstić information content (AvgIpc) is 2.52. The topological polar surface area (TPSA) is 87.3 Å². The van der Waals surface area contributed by atoms with E-state index in [4.69, 9.17) is 5.84 Å². The molecule has 20 heavy (non-hydrogen) atoms. The molecule has 0 aliphatic heterocycles. The first-order valence-corrected chi connectivity index (χ1v) is 8.28. The van der Waals surface area contributed by atoms with Crippen molar-refractivity contribution in [3.63, 3.8) is 0 Å². The van der Waals surface area contributed by atoms with E-state index in [1.807, 2.05) is 12.3 Å². The Labute approximate surface area is 124 Å². The number of hydrogen-bond acceptors (Lipinski definition) is 7. The number of rotatable bonds is 6. The van der Waals surface area contributed by atoms with Gasteiger partial charge in [-0.2, -0.15) is 0 Å². The Morgan fingerprint density at radius 2 is 2.15 bits per heavy atom. The van der Waals surface area contributed by atoms with Gasteiger partial charge < -0.3 is 15.4 Å². The predicted molar refractivity (Wildman–Crippen MR) is 82.9 cm³/mol. The monoisotopic (exact) mass is 297 g/mol. The second-order valence-corrected chi connectivity index (χ2v) is 5.72. The lowest BCUT2D eigenvalue weighted by Crippen LogP contribution is -2.39. The fraction of sp³-hybridized carbons (Fsp3) is 0.692. The molecule has 1 fully saturated rings. The molecule has 4 N–H and O–H groups in total. The summed E-state index contributed by atoms with van der Waals surface area (Å²) in [5.41, 5.74) is 2.59. The van der Waals surface area contributed by atoms with Crippen LogP contribution in [0.1, 0.15) is 32.1 Å². The molecule has 6 nitrogen and oxygen atoms in total. The van der Waals surface area contributed by atoms with Gasteiger partial charge in [-0.1, -0.05) is 31.0 Å². The van der Waals surface area contributed by atoms with Crippen molar-refractivity contribution in [1.29, 1.82) is 0 Å². The molecule has 0 atom stereocenters.